The fourth-order valence-electron chi connectivity index (χ4n) is 3.23. The summed E-state index contributed by atoms with van der Waals surface area (Å²) in [6.45, 7) is 11.6. The minimum Gasteiger partial charge on any atom is -0.357 e. The second kappa shape index (κ2) is 12.7. The molecule has 148 valence electrons. The highest BCUT2D eigenvalue weighted by Gasteiger charge is 2.24. The zero-order valence-corrected chi connectivity index (χ0v) is 19.3. The van der Waals surface area contributed by atoms with E-state index in [9.17, 15) is 0 Å². The van der Waals surface area contributed by atoms with Crippen molar-refractivity contribution in [3.05, 3.63) is 29.0 Å². The first-order chi connectivity index (χ1) is 12.1. The number of guanidine groups is 1. The molecule has 0 amide bonds. The molecule has 1 aromatic heterocycles. The molecule has 0 saturated carbocycles. The Hall–Kier alpha value is -0.600. The predicted octanol–water partition coefficient (Wildman–Crippen LogP) is 3.57. The molecule has 1 aliphatic heterocycles. The van der Waals surface area contributed by atoms with E-state index in [1.807, 2.05) is 18.3 Å². The van der Waals surface area contributed by atoms with Gasteiger partial charge < -0.3 is 10.6 Å². The minimum atomic E-state index is 0. The van der Waals surface area contributed by atoms with Crippen molar-refractivity contribution in [1.82, 2.24) is 20.5 Å². The van der Waals surface area contributed by atoms with Gasteiger partial charge in [0.15, 0.2) is 5.96 Å². The third-order valence-corrected chi connectivity index (χ3v) is 4.62. The van der Waals surface area contributed by atoms with E-state index in [0.717, 1.165) is 32.0 Å². The molecule has 1 aromatic rings. The Kier molecular flexibility index (Phi) is 11.5. The Morgan fingerprint density at radius 3 is 2.85 bits per heavy atom. The van der Waals surface area contributed by atoms with Crippen molar-refractivity contribution in [3.63, 3.8) is 0 Å². The van der Waals surface area contributed by atoms with E-state index in [1.165, 1.54) is 31.5 Å². The fraction of sp³-hybridized carbons (Fsp3) is 0.684. The van der Waals surface area contributed by atoms with Crippen LogP contribution in [0, 0.1) is 5.92 Å². The summed E-state index contributed by atoms with van der Waals surface area (Å²) in [7, 11) is 0. The van der Waals surface area contributed by atoms with E-state index in [4.69, 9.17) is 16.6 Å². The van der Waals surface area contributed by atoms with Gasteiger partial charge in [0.05, 0.1) is 6.54 Å². The molecule has 26 heavy (non-hydrogen) atoms. The molecule has 1 fully saturated rings. The average molecular weight is 494 g/mol. The number of rotatable bonds is 8. The highest BCUT2D eigenvalue weighted by atomic mass is 127. The molecular formula is C19H33ClIN5. The Balaban J connectivity index is 0.00000338. The number of aliphatic imine (C=N–C) groups is 1. The fourth-order valence-corrected chi connectivity index (χ4v) is 3.34. The number of likely N-dealkylation sites (tertiary alicyclic amines) is 1. The zero-order valence-electron chi connectivity index (χ0n) is 16.2. The van der Waals surface area contributed by atoms with Crippen LogP contribution < -0.4 is 10.6 Å². The van der Waals surface area contributed by atoms with Gasteiger partial charge in [0, 0.05) is 31.9 Å². The highest BCUT2D eigenvalue weighted by molar-refractivity contribution is 14.0. The summed E-state index contributed by atoms with van der Waals surface area (Å²) in [6, 6.07) is 4.43. The molecule has 0 unspecified atom stereocenters. The number of halogens is 2. The molecule has 1 saturated heterocycles. The van der Waals surface area contributed by atoms with Crippen molar-refractivity contribution in [2.24, 2.45) is 10.9 Å². The van der Waals surface area contributed by atoms with Crippen molar-refractivity contribution >= 4 is 41.5 Å². The highest BCUT2D eigenvalue weighted by Crippen LogP contribution is 2.18. The molecule has 1 aliphatic rings. The summed E-state index contributed by atoms with van der Waals surface area (Å²) in [5.74, 6) is 1.62. The van der Waals surface area contributed by atoms with Gasteiger partial charge >= 0.3 is 0 Å². The second-order valence-corrected chi connectivity index (χ2v) is 7.46. The first-order valence-electron chi connectivity index (χ1n) is 9.45. The van der Waals surface area contributed by atoms with E-state index in [-0.39, 0.29) is 24.0 Å². The SMILES string of the molecule is CCNC(=NC[C@H]1CCCN1CC(C)C)NCCc1ccc(Cl)nc1.I. The second-order valence-electron chi connectivity index (χ2n) is 7.07. The summed E-state index contributed by atoms with van der Waals surface area (Å²) in [6.07, 6.45) is 5.28. The lowest BCUT2D eigenvalue weighted by Crippen LogP contribution is -2.40. The number of hydrogen-bond acceptors (Lipinski definition) is 3. The first kappa shape index (κ1) is 23.4. The standard InChI is InChI=1S/C19H32ClN5.HI/c1-4-21-19(22-10-9-16-7-8-18(20)23-12-16)24-13-17-6-5-11-25(17)14-15(2)3;/h7-8,12,15,17H,4-6,9-11,13-14H2,1-3H3,(H2,21,22,24);1H/t17-;/m1./s1. The van der Waals surface area contributed by atoms with Crippen LogP contribution in [0.2, 0.25) is 5.15 Å². The van der Waals surface area contributed by atoms with E-state index in [2.05, 4.69) is 41.3 Å². The monoisotopic (exact) mass is 493 g/mol. The van der Waals surface area contributed by atoms with E-state index in [0.29, 0.717) is 17.1 Å². The normalized spacial score (nSPS) is 18.0. The lowest BCUT2D eigenvalue weighted by molar-refractivity contribution is 0.231. The van der Waals surface area contributed by atoms with Gasteiger partial charge in [-0.2, -0.15) is 0 Å². The Bertz CT molecular complexity index is 535. The molecule has 2 N–H and O–H groups in total. The topological polar surface area (TPSA) is 52.6 Å². The zero-order chi connectivity index (χ0) is 18.1. The van der Waals surface area contributed by atoms with Crippen molar-refractivity contribution in [2.75, 3.05) is 32.7 Å². The first-order valence-corrected chi connectivity index (χ1v) is 9.83. The maximum Gasteiger partial charge on any atom is 0.191 e. The number of nitrogens with one attached hydrogen (secondary N) is 2. The van der Waals surface area contributed by atoms with Gasteiger partial charge in [-0.3, -0.25) is 9.89 Å². The van der Waals surface area contributed by atoms with Crippen LogP contribution in [0.4, 0.5) is 0 Å². The minimum absolute atomic E-state index is 0. The van der Waals surface area contributed by atoms with Crippen LogP contribution in [-0.4, -0.2) is 54.6 Å². The number of aromatic nitrogens is 1. The molecule has 0 bridgehead atoms. The molecule has 0 spiro atoms. The van der Waals surface area contributed by atoms with Gasteiger partial charge in [0.2, 0.25) is 0 Å². The summed E-state index contributed by atoms with van der Waals surface area (Å²) in [5.41, 5.74) is 1.17. The Morgan fingerprint density at radius 1 is 1.38 bits per heavy atom. The smallest absolute Gasteiger partial charge is 0.191 e. The van der Waals surface area contributed by atoms with Crippen molar-refractivity contribution in [3.8, 4) is 0 Å². The lowest BCUT2D eigenvalue weighted by Gasteiger charge is -2.25. The summed E-state index contributed by atoms with van der Waals surface area (Å²) < 4.78 is 0. The molecule has 1 atom stereocenters. The third kappa shape index (κ3) is 8.39. The van der Waals surface area contributed by atoms with E-state index < -0.39 is 0 Å². The molecule has 0 aliphatic carbocycles. The largest absolute Gasteiger partial charge is 0.357 e. The van der Waals surface area contributed by atoms with Crippen LogP contribution >= 0.6 is 35.6 Å². The molecule has 2 rings (SSSR count). The van der Waals surface area contributed by atoms with Crippen LogP contribution in [0.3, 0.4) is 0 Å². The maximum atomic E-state index is 5.82. The number of hydrogen-bond donors (Lipinski definition) is 2. The van der Waals surface area contributed by atoms with Crippen molar-refractivity contribution in [2.45, 2.75) is 46.1 Å². The molecular weight excluding hydrogens is 461 g/mol. The van der Waals surface area contributed by atoms with Crippen LogP contribution in [-0.2, 0) is 6.42 Å². The molecule has 0 aromatic carbocycles. The van der Waals surface area contributed by atoms with Crippen LogP contribution in [0.5, 0.6) is 0 Å². The van der Waals surface area contributed by atoms with E-state index >= 15 is 0 Å². The van der Waals surface area contributed by atoms with Gasteiger partial charge in [-0.25, -0.2) is 4.98 Å². The number of pyridine rings is 1. The van der Waals surface area contributed by atoms with Gasteiger partial charge in [0.25, 0.3) is 0 Å². The molecule has 7 heteroatoms. The average Bonchev–Trinajstić information content (AvgIpc) is 3.01. The van der Waals surface area contributed by atoms with Crippen molar-refractivity contribution in [1.29, 1.82) is 0 Å². The van der Waals surface area contributed by atoms with Gasteiger partial charge in [-0.15, -0.1) is 24.0 Å². The summed E-state index contributed by atoms with van der Waals surface area (Å²) in [4.78, 5) is 11.5. The number of nitrogens with zero attached hydrogens (tertiary/aromatic N) is 3. The molecule has 2 heterocycles. The van der Waals surface area contributed by atoms with Gasteiger partial charge in [-0.1, -0.05) is 31.5 Å². The Morgan fingerprint density at radius 2 is 2.19 bits per heavy atom. The van der Waals surface area contributed by atoms with Crippen LogP contribution in [0.1, 0.15) is 39.2 Å². The predicted molar refractivity (Wildman–Crippen MR) is 122 cm³/mol. The van der Waals surface area contributed by atoms with Crippen molar-refractivity contribution < 1.29 is 0 Å². The van der Waals surface area contributed by atoms with Gasteiger partial charge in [0.1, 0.15) is 5.15 Å². The van der Waals surface area contributed by atoms with Crippen LogP contribution in [0.25, 0.3) is 0 Å². The van der Waals surface area contributed by atoms with Gasteiger partial charge in [-0.05, 0) is 50.3 Å². The maximum absolute atomic E-state index is 5.82. The summed E-state index contributed by atoms with van der Waals surface area (Å²) in [5, 5.41) is 7.30. The lowest BCUT2D eigenvalue weighted by atomic mass is 10.2. The molecule has 5 nitrogen and oxygen atoms in total. The summed E-state index contributed by atoms with van der Waals surface area (Å²) >= 11 is 5.82. The Labute approximate surface area is 180 Å². The van der Waals surface area contributed by atoms with E-state index in [1.54, 1.807) is 0 Å². The quantitative estimate of drug-likeness (QED) is 0.252. The third-order valence-electron chi connectivity index (χ3n) is 4.40. The van der Waals surface area contributed by atoms with Crippen LogP contribution in [0.15, 0.2) is 23.3 Å². The molecule has 0 radical (unpaired) electrons.